The number of benzene rings is 1. The van der Waals surface area contributed by atoms with Crippen LogP contribution in [-0.4, -0.2) is 18.2 Å². The molecule has 90 valence electrons. The first-order chi connectivity index (χ1) is 8.78. The van der Waals surface area contributed by atoms with Crippen LogP contribution in [0.25, 0.3) is 11.1 Å². The van der Waals surface area contributed by atoms with Crippen LogP contribution in [0.2, 0.25) is 5.02 Å². The Morgan fingerprint density at radius 1 is 1.17 bits per heavy atom. The van der Waals surface area contributed by atoms with Crippen molar-refractivity contribution >= 4 is 11.6 Å². The maximum absolute atomic E-state index is 6.13. The maximum Gasteiger partial charge on any atom is 0.181 e. The Labute approximate surface area is 109 Å². The fraction of sp³-hybridized carbons (Fsp3) is 0.214. The summed E-state index contributed by atoms with van der Waals surface area (Å²) < 4.78 is 11.5. The molecule has 1 aromatic carbocycles. The second-order valence-corrected chi connectivity index (χ2v) is 5.09. The highest BCUT2D eigenvalue weighted by molar-refractivity contribution is 6.30. The summed E-state index contributed by atoms with van der Waals surface area (Å²) in [4.78, 5) is 4.21. The van der Waals surface area contributed by atoms with Gasteiger partial charge in [-0.2, -0.15) is 0 Å². The summed E-state index contributed by atoms with van der Waals surface area (Å²) in [5.74, 6) is 0.811. The Hall–Kier alpha value is -1.58. The fourth-order valence-corrected chi connectivity index (χ4v) is 2.74. The quantitative estimate of drug-likeness (QED) is 0.729. The van der Waals surface area contributed by atoms with Crippen molar-refractivity contribution < 1.29 is 9.47 Å². The van der Waals surface area contributed by atoms with Gasteiger partial charge in [0, 0.05) is 34.1 Å². The molecule has 0 unspecified atom stereocenters. The molecule has 1 spiro atoms. The van der Waals surface area contributed by atoms with E-state index in [1.54, 1.807) is 6.20 Å². The molecule has 0 saturated carbocycles. The monoisotopic (exact) mass is 259 g/mol. The number of fused-ring (bicyclic) bond motifs is 4. The van der Waals surface area contributed by atoms with Crippen LogP contribution in [-0.2, 0) is 10.3 Å². The zero-order chi connectivity index (χ0) is 12.2. The molecule has 1 saturated heterocycles. The van der Waals surface area contributed by atoms with E-state index in [4.69, 9.17) is 21.1 Å². The Morgan fingerprint density at radius 2 is 2.06 bits per heavy atom. The number of halogens is 1. The van der Waals surface area contributed by atoms with E-state index in [1.165, 1.54) is 0 Å². The molecule has 3 nitrogen and oxygen atoms in total. The van der Waals surface area contributed by atoms with Gasteiger partial charge in [-0.1, -0.05) is 11.6 Å². The molecule has 2 aliphatic heterocycles. The van der Waals surface area contributed by atoms with Crippen molar-refractivity contribution in [2.24, 2.45) is 0 Å². The first kappa shape index (κ1) is 10.4. The van der Waals surface area contributed by atoms with Gasteiger partial charge in [-0.05, 0) is 24.3 Å². The van der Waals surface area contributed by atoms with Gasteiger partial charge in [0.25, 0.3) is 0 Å². The molecule has 0 atom stereocenters. The lowest BCUT2D eigenvalue weighted by Crippen LogP contribution is -2.53. The molecule has 18 heavy (non-hydrogen) atoms. The average Bonchev–Trinajstić information content (AvgIpc) is 2.35. The molecule has 2 aromatic rings. The summed E-state index contributed by atoms with van der Waals surface area (Å²) >= 11 is 6.03. The summed E-state index contributed by atoms with van der Waals surface area (Å²) in [7, 11) is 0. The molecular weight excluding hydrogens is 250 g/mol. The number of pyridine rings is 1. The third kappa shape index (κ3) is 1.26. The predicted octanol–water partition coefficient (Wildman–Crippen LogP) is 3.02. The minimum absolute atomic E-state index is 0.351. The van der Waals surface area contributed by atoms with Gasteiger partial charge in [0.1, 0.15) is 5.75 Å². The van der Waals surface area contributed by atoms with Gasteiger partial charge in [-0.25, -0.2) is 0 Å². The molecular formula is C14H10ClNO2. The Kier molecular flexibility index (Phi) is 1.99. The van der Waals surface area contributed by atoms with Gasteiger partial charge in [-0.15, -0.1) is 0 Å². The third-order valence-corrected chi connectivity index (χ3v) is 3.76. The lowest BCUT2D eigenvalue weighted by molar-refractivity contribution is -0.169. The summed E-state index contributed by atoms with van der Waals surface area (Å²) in [5, 5.41) is 0.677. The zero-order valence-corrected chi connectivity index (χ0v) is 10.3. The van der Waals surface area contributed by atoms with Crippen LogP contribution in [0, 0.1) is 0 Å². The van der Waals surface area contributed by atoms with Gasteiger partial charge < -0.3 is 9.47 Å². The van der Waals surface area contributed by atoms with Crippen LogP contribution in [0.3, 0.4) is 0 Å². The molecule has 0 aliphatic carbocycles. The van der Waals surface area contributed by atoms with Crippen LogP contribution < -0.4 is 4.74 Å². The molecule has 4 heteroatoms. The van der Waals surface area contributed by atoms with Crippen molar-refractivity contribution in [1.29, 1.82) is 0 Å². The SMILES string of the molecule is Clc1ccc2c(c1)OC1(COC1)c1ccncc1-2. The van der Waals surface area contributed by atoms with Gasteiger partial charge >= 0.3 is 0 Å². The molecule has 0 amide bonds. The zero-order valence-electron chi connectivity index (χ0n) is 9.52. The van der Waals surface area contributed by atoms with Gasteiger partial charge in [0.2, 0.25) is 0 Å². The third-order valence-electron chi connectivity index (χ3n) is 3.52. The van der Waals surface area contributed by atoms with Crippen LogP contribution in [0.4, 0.5) is 0 Å². The van der Waals surface area contributed by atoms with Crippen molar-refractivity contribution in [3.8, 4) is 16.9 Å². The van der Waals surface area contributed by atoms with Crippen molar-refractivity contribution in [3.63, 3.8) is 0 Å². The highest BCUT2D eigenvalue weighted by Gasteiger charge is 2.47. The molecule has 1 fully saturated rings. The summed E-state index contributed by atoms with van der Waals surface area (Å²) in [6.07, 6.45) is 3.67. The predicted molar refractivity (Wildman–Crippen MR) is 67.8 cm³/mol. The standard InChI is InChI=1S/C14H10ClNO2/c15-9-1-2-10-11-6-16-4-3-12(11)14(7-17-8-14)18-13(10)5-9/h1-6H,7-8H2. The van der Waals surface area contributed by atoms with E-state index < -0.39 is 0 Å². The fourth-order valence-electron chi connectivity index (χ4n) is 2.58. The average molecular weight is 260 g/mol. The summed E-state index contributed by atoms with van der Waals surface area (Å²) in [6.45, 7) is 1.16. The van der Waals surface area contributed by atoms with Crippen molar-refractivity contribution in [3.05, 3.63) is 47.2 Å². The van der Waals surface area contributed by atoms with Crippen molar-refractivity contribution in [2.75, 3.05) is 13.2 Å². The normalized spacial score (nSPS) is 18.5. The highest BCUT2D eigenvalue weighted by atomic mass is 35.5. The van der Waals surface area contributed by atoms with Crippen LogP contribution in [0.5, 0.6) is 5.75 Å². The van der Waals surface area contributed by atoms with Crippen LogP contribution in [0.15, 0.2) is 36.7 Å². The van der Waals surface area contributed by atoms with Gasteiger partial charge in [-0.3, -0.25) is 4.98 Å². The number of aromatic nitrogens is 1. The van der Waals surface area contributed by atoms with Gasteiger partial charge in [0.15, 0.2) is 5.60 Å². The topological polar surface area (TPSA) is 31.4 Å². The minimum atomic E-state index is -0.351. The van der Waals surface area contributed by atoms with Crippen LogP contribution >= 0.6 is 11.6 Å². The molecule has 0 radical (unpaired) electrons. The van der Waals surface area contributed by atoms with E-state index >= 15 is 0 Å². The maximum atomic E-state index is 6.13. The van der Waals surface area contributed by atoms with E-state index in [1.807, 2.05) is 30.5 Å². The second-order valence-electron chi connectivity index (χ2n) is 4.65. The van der Waals surface area contributed by atoms with Crippen molar-refractivity contribution in [2.45, 2.75) is 5.60 Å². The number of ether oxygens (including phenoxy) is 2. The lowest BCUT2D eigenvalue weighted by Gasteiger charge is -2.45. The Morgan fingerprint density at radius 3 is 2.83 bits per heavy atom. The first-order valence-electron chi connectivity index (χ1n) is 5.80. The van der Waals surface area contributed by atoms with Gasteiger partial charge in [0.05, 0.1) is 13.2 Å². The number of hydrogen-bond donors (Lipinski definition) is 0. The lowest BCUT2D eigenvalue weighted by atomic mass is 9.84. The molecule has 1 aromatic heterocycles. The molecule has 2 aliphatic rings. The van der Waals surface area contributed by atoms with E-state index in [0.717, 1.165) is 22.4 Å². The summed E-state index contributed by atoms with van der Waals surface area (Å²) in [6, 6.07) is 7.71. The van der Waals surface area contributed by atoms with Crippen molar-refractivity contribution in [1.82, 2.24) is 4.98 Å². The van der Waals surface area contributed by atoms with E-state index in [2.05, 4.69) is 4.98 Å². The molecule has 3 heterocycles. The van der Waals surface area contributed by atoms with E-state index in [9.17, 15) is 0 Å². The summed E-state index contributed by atoms with van der Waals surface area (Å²) in [5.41, 5.74) is 2.95. The smallest absolute Gasteiger partial charge is 0.181 e. The number of rotatable bonds is 0. The number of nitrogens with zero attached hydrogens (tertiary/aromatic N) is 1. The molecule has 4 rings (SSSR count). The first-order valence-corrected chi connectivity index (χ1v) is 6.17. The minimum Gasteiger partial charge on any atom is -0.477 e. The Bertz CT molecular complexity index is 637. The molecule has 0 bridgehead atoms. The largest absolute Gasteiger partial charge is 0.477 e. The highest BCUT2D eigenvalue weighted by Crippen LogP contribution is 2.48. The number of hydrogen-bond acceptors (Lipinski definition) is 3. The van der Waals surface area contributed by atoms with Crippen LogP contribution in [0.1, 0.15) is 5.56 Å². The Balaban J connectivity index is 2.00. The van der Waals surface area contributed by atoms with E-state index in [0.29, 0.717) is 18.2 Å². The molecule has 0 N–H and O–H groups in total. The second kappa shape index (κ2) is 3.46. The van der Waals surface area contributed by atoms with E-state index in [-0.39, 0.29) is 5.60 Å².